The van der Waals surface area contributed by atoms with Gasteiger partial charge in [-0.1, -0.05) is 146 Å². The summed E-state index contributed by atoms with van der Waals surface area (Å²) >= 11 is 0. The Hall–Kier alpha value is -8.86. The molecule has 0 amide bonds. The summed E-state index contributed by atoms with van der Waals surface area (Å²) in [5.41, 5.74) is 13.7. The maximum absolute atomic E-state index is 2.45. The van der Waals surface area contributed by atoms with Gasteiger partial charge in [-0.05, 0) is 119 Å². The average molecular weight is 841 g/mol. The molecule has 0 saturated carbocycles. The normalized spacial score (nSPS) is 11.9. The highest BCUT2D eigenvalue weighted by atomic mass is 15.2. The van der Waals surface area contributed by atoms with Crippen molar-refractivity contribution in [2.45, 2.75) is 0 Å². The molecule has 0 bridgehead atoms. The van der Waals surface area contributed by atoms with E-state index in [1.165, 1.54) is 65.2 Å². The summed E-state index contributed by atoms with van der Waals surface area (Å²) in [5, 5.41) is 12.4. The predicted molar refractivity (Wildman–Crippen MR) is 279 cm³/mol. The molecular formula is C62H40N4. The lowest BCUT2D eigenvalue weighted by Gasteiger charge is -2.31. The van der Waals surface area contributed by atoms with E-state index in [0.717, 1.165) is 56.3 Å². The fourth-order valence-electron chi connectivity index (χ4n) is 11.0. The summed E-state index contributed by atoms with van der Waals surface area (Å²) in [7, 11) is 0. The SMILES string of the molecule is c1ccc(N(c2cc3ccc4cccc5c4c3c(c2)n5-c2ccccc2)c2ccc(N(c3ccccc3)c3cc4ccc5cccc6c5c4c(c3)n6-c3ccccc3)c3ccccc23)cc1. The van der Waals surface area contributed by atoms with Crippen LogP contribution in [0.3, 0.4) is 0 Å². The molecule has 4 heteroatoms. The summed E-state index contributed by atoms with van der Waals surface area (Å²) in [6.45, 7) is 0. The summed E-state index contributed by atoms with van der Waals surface area (Å²) in [5.74, 6) is 0. The van der Waals surface area contributed by atoms with Gasteiger partial charge in [0.1, 0.15) is 0 Å². The number of rotatable bonds is 8. The number of nitrogens with zero attached hydrogens (tertiary/aromatic N) is 4. The lowest BCUT2D eigenvalue weighted by atomic mass is 9.99. The molecule has 2 heterocycles. The van der Waals surface area contributed by atoms with Gasteiger partial charge in [-0.15, -0.1) is 0 Å². The molecule has 0 aliphatic rings. The highest BCUT2D eigenvalue weighted by molar-refractivity contribution is 6.26. The first kappa shape index (κ1) is 36.6. The second kappa shape index (κ2) is 14.3. The van der Waals surface area contributed by atoms with Crippen molar-refractivity contribution in [3.8, 4) is 11.4 Å². The van der Waals surface area contributed by atoms with Crippen molar-refractivity contribution in [1.29, 1.82) is 0 Å². The van der Waals surface area contributed by atoms with Gasteiger partial charge in [0.2, 0.25) is 0 Å². The van der Waals surface area contributed by atoms with Gasteiger partial charge in [-0.25, -0.2) is 0 Å². The molecule has 0 fully saturated rings. The van der Waals surface area contributed by atoms with E-state index in [-0.39, 0.29) is 0 Å². The molecule has 0 aliphatic heterocycles. The zero-order valence-corrected chi connectivity index (χ0v) is 35.9. The Morgan fingerprint density at radius 3 is 1.03 bits per heavy atom. The van der Waals surface area contributed by atoms with Crippen molar-refractivity contribution >= 4 is 110 Å². The van der Waals surface area contributed by atoms with Gasteiger partial charge >= 0.3 is 0 Å². The molecule has 0 atom stereocenters. The van der Waals surface area contributed by atoms with E-state index in [2.05, 4.69) is 262 Å². The van der Waals surface area contributed by atoms with Crippen molar-refractivity contribution < 1.29 is 0 Å². The molecule has 2 aromatic heterocycles. The molecule has 0 radical (unpaired) electrons. The Balaban J connectivity index is 1.02. The Bertz CT molecular complexity index is 3830. The Morgan fingerprint density at radius 2 is 0.606 bits per heavy atom. The summed E-state index contributed by atoms with van der Waals surface area (Å²) in [6, 6.07) is 88.8. The summed E-state index contributed by atoms with van der Waals surface area (Å²) in [6.07, 6.45) is 0. The quantitative estimate of drug-likeness (QED) is 0.142. The maximum atomic E-state index is 2.45. The van der Waals surface area contributed by atoms with Gasteiger partial charge in [-0.2, -0.15) is 0 Å². The molecule has 0 unspecified atom stereocenters. The highest BCUT2D eigenvalue weighted by Crippen LogP contribution is 2.49. The van der Waals surface area contributed by atoms with Gasteiger partial charge in [-0.3, -0.25) is 0 Å². The van der Waals surface area contributed by atoms with E-state index in [9.17, 15) is 0 Å². The van der Waals surface area contributed by atoms with Gasteiger partial charge in [0, 0.05) is 66.4 Å². The Kier molecular flexibility index (Phi) is 7.95. The topological polar surface area (TPSA) is 16.3 Å². The van der Waals surface area contributed by atoms with E-state index in [0.29, 0.717) is 0 Å². The first-order chi connectivity index (χ1) is 32.8. The zero-order valence-electron chi connectivity index (χ0n) is 35.9. The first-order valence-corrected chi connectivity index (χ1v) is 22.7. The molecule has 12 aromatic carbocycles. The third-order valence-corrected chi connectivity index (χ3v) is 13.7. The molecule has 4 nitrogen and oxygen atoms in total. The van der Waals surface area contributed by atoms with Gasteiger partial charge in [0.25, 0.3) is 0 Å². The molecule has 0 aliphatic carbocycles. The minimum Gasteiger partial charge on any atom is -0.310 e. The van der Waals surface area contributed by atoms with E-state index in [1.807, 2.05) is 0 Å². The van der Waals surface area contributed by atoms with Crippen LogP contribution in [0.15, 0.2) is 243 Å². The van der Waals surface area contributed by atoms with Crippen LogP contribution in [0, 0.1) is 0 Å². The smallest absolute Gasteiger partial charge is 0.0568 e. The summed E-state index contributed by atoms with van der Waals surface area (Å²) < 4.78 is 4.88. The van der Waals surface area contributed by atoms with E-state index >= 15 is 0 Å². The van der Waals surface area contributed by atoms with Crippen LogP contribution in [0.25, 0.3) is 87.3 Å². The number of hydrogen-bond donors (Lipinski definition) is 0. The third-order valence-electron chi connectivity index (χ3n) is 13.7. The average Bonchev–Trinajstić information content (AvgIpc) is 3.91. The van der Waals surface area contributed by atoms with Crippen molar-refractivity contribution in [3.05, 3.63) is 243 Å². The minimum atomic E-state index is 1.09. The van der Waals surface area contributed by atoms with Crippen LogP contribution in [0.2, 0.25) is 0 Å². The van der Waals surface area contributed by atoms with Crippen molar-refractivity contribution in [2.75, 3.05) is 9.80 Å². The maximum Gasteiger partial charge on any atom is 0.0568 e. The van der Waals surface area contributed by atoms with Crippen LogP contribution in [-0.4, -0.2) is 9.13 Å². The molecule has 0 saturated heterocycles. The van der Waals surface area contributed by atoms with E-state index < -0.39 is 0 Å². The third kappa shape index (κ3) is 5.39. The number of aromatic nitrogens is 2. The van der Waals surface area contributed by atoms with Crippen LogP contribution in [0.5, 0.6) is 0 Å². The molecule has 0 spiro atoms. The van der Waals surface area contributed by atoms with Crippen molar-refractivity contribution in [1.82, 2.24) is 9.13 Å². The summed E-state index contributed by atoms with van der Waals surface area (Å²) in [4.78, 5) is 4.89. The molecule has 308 valence electrons. The molecule has 14 rings (SSSR count). The predicted octanol–water partition coefficient (Wildman–Crippen LogP) is 17.2. The van der Waals surface area contributed by atoms with Gasteiger partial charge in [0.05, 0.1) is 33.4 Å². The molecule has 66 heavy (non-hydrogen) atoms. The van der Waals surface area contributed by atoms with Crippen molar-refractivity contribution in [3.63, 3.8) is 0 Å². The van der Waals surface area contributed by atoms with Crippen molar-refractivity contribution in [2.24, 2.45) is 0 Å². The molecule has 0 N–H and O–H groups in total. The standard InChI is InChI=1S/C62H40N4/c1-5-19-45(20-6-1)63(49-37-43-33-31-41-17-15-29-55-59(41)61(43)57(39-49)65(55)47-23-9-3-10-24-47)53-35-36-54(52-28-14-13-27-51(52)53)64(46-21-7-2-8-22-46)50-38-44-34-32-42-18-16-30-56-60(42)62(44)58(40-50)66(56)48-25-11-4-12-26-48/h1-40H. The largest absolute Gasteiger partial charge is 0.310 e. The molecule has 14 aromatic rings. The Labute approximate surface area is 381 Å². The second-order valence-electron chi connectivity index (χ2n) is 17.3. The zero-order chi connectivity index (χ0) is 43.3. The second-order valence-corrected chi connectivity index (χ2v) is 17.3. The number of benzene rings is 12. The fraction of sp³-hybridized carbons (Fsp3) is 0. The number of fused-ring (bicyclic) bond motifs is 1. The van der Waals surface area contributed by atoms with E-state index in [1.54, 1.807) is 0 Å². The number of anilines is 6. The fourth-order valence-corrected chi connectivity index (χ4v) is 11.0. The van der Waals surface area contributed by atoms with Gasteiger partial charge < -0.3 is 18.9 Å². The monoisotopic (exact) mass is 840 g/mol. The highest BCUT2D eigenvalue weighted by Gasteiger charge is 2.25. The number of hydrogen-bond acceptors (Lipinski definition) is 2. The lowest BCUT2D eigenvalue weighted by Crippen LogP contribution is -2.13. The lowest BCUT2D eigenvalue weighted by molar-refractivity contribution is 1.18. The van der Waals surface area contributed by atoms with Crippen LogP contribution >= 0.6 is 0 Å². The van der Waals surface area contributed by atoms with E-state index in [4.69, 9.17) is 0 Å². The minimum absolute atomic E-state index is 1.09. The van der Waals surface area contributed by atoms with Gasteiger partial charge in [0.15, 0.2) is 0 Å². The Morgan fingerprint density at radius 1 is 0.242 bits per heavy atom. The van der Waals surface area contributed by atoms with Crippen LogP contribution < -0.4 is 9.80 Å². The number of para-hydroxylation sites is 4. The molecular weight excluding hydrogens is 801 g/mol. The van der Waals surface area contributed by atoms with Crippen LogP contribution in [0.1, 0.15) is 0 Å². The first-order valence-electron chi connectivity index (χ1n) is 22.7. The van der Waals surface area contributed by atoms with Crippen LogP contribution in [-0.2, 0) is 0 Å². The van der Waals surface area contributed by atoms with Crippen LogP contribution in [0.4, 0.5) is 34.1 Å².